The maximum Gasteiger partial charge on any atom is 0.254 e. The van der Waals surface area contributed by atoms with Crippen LogP contribution in [0.3, 0.4) is 0 Å². The zero-order valence-electron chi connectivity index (χ0n) is 9.54. The molecule has 1 aromatic rings. The monoisotopic (exact) mass is 256 g/mol. The van der Waals surface area contributed by atoms with Crippen molar-refractivity contribution in [3.8, 4) is 0 Å². The molecule has 1 atom stereocenters. The molecule has 0 spiro atoms. The van der Waals surface area contributed by atoms with Crippen LogP contribution in [0, 0.1) is 17.7 Å². The first-order valence-electron chi connectivity index (χ1n) is 5.67. The van der Waals surface area contributed by atoms with Gasteiger partial charge in [-0.15, -0.1) is 0 Å². The van der Waals surface area contributed by atoms with E-state index in [1.807, 2.05) is 0 Å². The molecule has 1 aliphatic rings. The largest absolute Gasteiger partial charge is 0.352 e. The summed E-state index contributed by atoms with van der Waals surface area (Å²) in [6.45, 7) is 2.69. The van der Waals surface area contributed by atoms with E-state index in [9.17, 15) is 9.18 Å². The molecule has 0 radical (unpaired) electrons. The Morgan fingerprint density at radius 2 is 2.41 bits per heavy atom. The summed E-state index contributed by atoms with van der Waals surface area (Å²) in [6.07, 6.45) is 3.46. The number of amides is 1. The molecule has 2 rings (SSSR count). The maximum absolute atomic E-state index is 12.9. The number of pyridine rings is 1. The van der Waals surface area contributed by atoms with Crippen LogP contribution in [0.5, 0.6) is 0 Å². The molecule has 1 unspecified atom stereocenters. The molecular formula is C12H14ClFN2O. The Hall–Kier alpha value is -1.16. The van der Waals surface area contributed by atoms with Gasteiger partial charge in [0.25, 0.3) is 5.91 Å². The molecule has 1 amide bonds. The minimum atomic E-state index is -0.560. The van der Waals surface area contributed by atoms with Gasteiger partial charge in [-0.25, -0.2) is 9.37 Å². The Labute approximate surface area is 104 Å². The molecule has 1 aliphatic carbocycles. The second-order valence-corrected chi connectivity index (χ2v) is 4.87. The number of nitrogens with zero attached hydrogens (tertiary/aromatic N) is 1. The van der Waals surface area contributed by atoms with Crippen LogP contribution in [-0.4, -0.2) is 17.4 Å². The van der Waals surface area contributed by atoms with E-state index in [2.05, 4.69) is 17.2 Å². The first-order valence-corrected chi connectivity index (χ1v) is 6.05. The lowest BCUT2D eigenvalue weighted by atomic mass is 10.1. The third-order valence-electron chi connectivity index (χ3n) is 3.06. The summed E-state index contributed by atoms with van der Waals surface area (Å²) in [5.74, 6) is 0.250. The van der Waals surface area contributed by atoms with Crippen LogP contribution >= 0.6 is 11.6 Å². The summed E-state index contributed by atoms with van der Waals surface area (Å²) in [7, 11) is 0. The van der Waals surface area contributed by atoms with Crippen molar-refractivity contribution in [1.82, 2.24) is 10.3 Å². The first-order chi connectivity index (χ1) is 8.08. The van der Waals surface area contributed by atoms with Gasteiger partial charge in [0.1, 0.15) is 11.0 Å². The van der Waals surface area contributed by atoms with E-state index in [0.717, 1.165) is 18.2 Å². The normalized spacial score (nSPS) is 16.6. The third-order valence-corrected chi connectivity index (χ3v) is 3.36. The summed E-state index contributed by atoms with van der Waals surface area (Å²) in [5.41, 5.74) is 0.0923. The van der Waals surface area contributed by atoms with Crippen molar-refractivity contribution in [2.24, 2.45) is 11.8 Å². The number of nitrogens with one attached hydrogen (secondary N) is 1. The molecule has 1 saturated carbocycles. The fraction of sp³-hybridized carbons (Fsp3) is 0.500. The standard InChI is InChI=1S/C12H14ClFN2O/c1-7(8-2-3-8)5-16-12(17)10-4-9(14)6-15-11(10)13/h4,6-8H,2-3,5H2,1H3,(H,16,17). The Kier molecular flexibility index (Phi) is 3.62. The van der Waals surface area contributed by atoms with Gasteiger partial charge in [-0.3, -0.25) is 4.79 Å². The van der Waals surface area contributed by atoms with E-state index >= 15 is 0 Å². The van der Waals surface area contributed by atoms with E-state index in [1.165, 1.54) is 12.8 Å². The number of aromatic nitrogens is 1. The molecule has 17 heavy (non-hydrogen) atoms. The average molecular weight is 257 g/mol. The fourth-order valence-electron chi connectivity index (χ4n) is 1.76. The predicted molar refractivity (Wildman–Crippen MR) is 63.4 cm³/mol. The second kappa shape index (κ2) is 5.00. The average Bonchev–Trinajstić information content (AvgIpc) is 3.12. The van der Waals surface area contributed by atoms with Gasteiger partial charge in [-0.1, -0.05) is 18.5 Å². The lowest BCUT2D eigenvalue weighted by Crippen LogP contribution is -2.29. The molecule has 0 saturated heterocycles. The Morgan fingerprint density at radius 1 is 1.71 bits per heavy atom. The molecule has 92 valence electrons. The number of hydrogen-bond acceptors (Lipinski definition) is 2. The predicted octanol–water partition coefficient (Wildman–Crippen LogP) is 2.65. The van der Waals surface area contributed by atoms with Crippen LogP contribution in [0.25, 0.3) is 0 Å². The topological polar surface area (TPSA) is 42.0 Å². The van der Waals surface area contributed by atoms with Gasteiger partial charge in [0.15, 0.2) is 0 Å². The lowest BCUT2D eigenvalue weighted by molar-refractivity contribution is 0.0946. The van der Waals surface area contributed by atoms with E-state index in [-0.39, 0.29) is 16.6 Å². The van der Waals surface area contributed by atoms with Gasteiger partial charge in [0.2, 0.25) is 0 Å². The quantitative estimate of drug-likeness (QED) is 0.842. The maximum atomic E-state index is 12.9. The zero-order chi connectivity index (χ0) is 12.4. The van der Waals surface area contributed by atoms with Crippen molar-refractivity contribution < 1.29 is 9.18 Å². The number of rotatable bonds is 4. The third kappa shape index (κ3) is 3.16. The number of carbonyl (C=O) groups excluding carboxylic acids is 1. The molecule has 1 aromatic heterocycles. The number of carbonyl (C=O) groups is 1. The van der Waals surface area contributed by atoms with Gasteiger partial charge in [0, 0.05) is 6.54 Å². The van der Waals surface area contributed by atoms with Crippen LogP contribution in [0.4, 0.5) is 4.39 Å². The van der Waals surface area contributed by atoms with Gasteiger partial charge < -0.3 is 5.32 Å². The van der Waals surface area contributed by atoms with Gasteiger partial charge >= 0.3 is 0 Å². The van der Waals surface area contributed by atoms with E-state index in [1.54, 1.807) is 0 Å². The molecule has 3 nitrogen and oxygen atoms in total. The smallest absolute Gasteiger partial charge is 0.254 e. The Bertz CT molecular complexity index is 435. The SMILES string of the molecule is CC(CNC(=O)c1cc(F)cnc1Cl)C1CC1. The molecule has 5 heteroatoms. The molecule has 1 N–H and O–H groups in total. The summed E-state index contributed by atoms with van der Waals surface area (Å²) in [6, 6.07) is 1.10. The lowest BCUT2D eigenvalue weighted by Gasteiger charge is -2.11. The van der Waals surface area contributed by atoms with Crippen molar-refractivity contribution in [1.29, 1.82) is 0 Å². The Morgan fingerprint density at radius 3 is 3.06 bits per heavy atom. The fourth-order valence-corrected chi connectivity index (χ4v) is 1.95. The highest BCUT2D eigenvalue weighted by atomic mass is 35.5. The molecular weight excluding hydrogens is 243 g/mol. The van der Waals surface area contributed by atoms with E-state index < -0.39 is 5.82 Å². The van der Waals surface area contributed by atoms with Gasteiger partial charge in [-0.2, -0.15) is 0 Å². The molecule has 0 aliphatic heterocycles. The number of hydrogen-bond donors (Lipinski definition) is 1. The summed E-state index contributed by atoms with van der Waals surface area (Å²) in [5, 5.41) is 2.79. The first kappa shape index (κ1) is 12.3. The second-order valence-electron chi connectivity index (χ2n) is 4.52. The van der Waals surface area contributed by atoms with Crippen LogP contribution in [0.15, 0.2) is 12.3 Å². The van der Waals surface area contributed by atoms with Gasteiger partial charge in [0.05, 0.1) is 11.8 Å². The molecule has 1 heterocycles. The van der Waals surface area contributed by atoms with Crippen LogP contribution in [0.1, 0.15) is 30.1 Å². The van der Waals surface area contributed by atoms with Crippen molar-refractivity contribution >= 4 is 17.5 Å². The molecule has 0 bridgehead atoms. The van der Waals surface area contributed by atoms with Crippen molar-refractivity contribution in [2.45, 2.75) is 19.8 Å². The Balaban J connectivity index is 1.96. The summed E-state index contributed by atoms with van der Waals surface area (Å²) in [4.78, 5) is 15.4. The van der Waals surface area contributed by atoms with Crippen LogP contribution in [-0.2, 0) is 0 Å². The van der Waals surface area contributed by atoms with E-state index in [0.29, 0.717) is 12.5 Å². The van der Waals surface area contributed by atoms with Crippen molar-refractivity contribution in [3.63, 3.8) is 0 Å². The highest BCUT2D eigenvalue weighted by Gasteiger charge is 2.28. The molecule has 1 fully saturated rings. The molecule has 0 aromatic carbocycles. The van der Waals surface area contributed by atoms with E-state index in [4.69, 9.17) is 11.6 Å². The van der Waals surface area contributed by atoms with Crippen molar-refractivity contribution in [3.05, 3.63) is 28.8 Å². The highest BCUT2D eigenvalue weighted by Crippen LogP contribution is 2.36. The summed E-state index contributed by atoms with van der Waals surface area (Å²) < 4.78 is 12.9. The van der Waals surface area contributed by atoms with Gasteiger partial charge in [-0.05, 0) is 30.7 Å². The highest BCUT2D eigenvalue weighted by molar-refractivity contribution is 6.32. The van der Waals surface area contributed by atoms with Crippen LogP contribution in [0.2, 0.25) is 5.15 Å². The summed E-state index contributed by atoms with van der Waals surface area (Å²) >= 11 is 5.74. The van der Waals surface area contributed by atoms with Crippen LogP contribution < -0.4 is 5.32 Å². The zero-order valence-corrected chi connectivity index (χ0v) is 10.3. The number of halogens is 2. The van der Waals surface area contributed by atoms with Crippen molar-refractivity contribution in [2.75, 3.05) is 6.54 Å². The minimum absolute atomic E-state index is 0.0305. The minimum Gasteiger partial charge on any atom is -0.352 e.